The Morgan fingerprint density at radius 1 is 1.24 bits per heavy atom. The number of ether oxygens (including phenoxy) is 1. The molecule has 1 N–H and O–H groups in total. The van der Waals surface area contributed by atoms with Gasteiger partial charge in [0, 0.05) is 36.7 Å². The molecule has 2 rings (SSSR count). The van der Waals surface area contributed by atoms with Gasteiger partial charge in [0.1, 0.15) is 5.75 Å². The number of rotatable bonds is 6. The molecular weight excluding hydrogens is 260 g/mol. The number of hydrogen-bond donors (Lipinski definition) is 1. The van der Waals surface area contributed by atoms with Gasteiger partial charge in [-0.25, -0.2) is 0 Å². The van der Waals surface area contributed by atoms with E-state index in [0.29, 0.717) is 0 Å². The van der Waals surface area contributed by atoms with Crippen molar-refractivity contribution in [3.05, 3.63) is 47.3 Å². The molecule has 0 saturated heterocycles. The molecule has 1 unspecified atom stereocenters. The van der Waals surface area contributed by atoms with Crippen molar-refractivity contribution in [1.82, 2.24) is 4.57 Å². The van der Waals surface area contributed by atoms with Crippen LogP contribution < -0.4 is 10.1 Å². The third-order valence-corrected chi connectivity index (χ3v) is 4.11. The highest BCUT2D eigenvalue weighted by atomic mass is 16.5. The fraction of sp³-hybridized carbons (Fsp3) is 0.444. The molecule has 3 heteroatoms. The van der Waals surface area contributed by atoms with E-state index in [9.17, 15) is 0 Å². The van der Waals surface area contributed by atoms with Crippen LogP contribution in [0.4, 0.5) is 5.69 Å². The molecule has 114 valence electrons. The SMILES string of the molecule is CCC(C)Oc1cccc(NCc2cc(C)n(C)c2C)c1. The number of aromatic nitrogens is 1. The highest BCUT2D eigenvalue weighted by Crippen LogP contribution is 2.21. The highest BCUT2D eigenvalue weighted by molar-refractivity contribution is 5.49. The molecular formula is C18H26N2O. The molecule has 0 saturated carbocycles. The summed E-state index contributed by atoms with van der Waals surface area (Å²) in [6.45, 7) is 9.35. The molecule has 2 aromatic rings. The molecule has 0 aliphatic carbocycles. The van der Waals surface area contributed by atoms with E-state index >= 15 is 0 Å². The topological polar surface area (TPSA) is 26.2 Å². The van der Waals surface area contributed by atoms with Crippen LogP contribution in [0.2, 0.25) is 0 Å². The Morgan fingerprint density at radius 3 is 2.62 bits per heavy atom. The van der Waals surface area contributed by atoms with Crippen molar-refractivity contribution in [3.8, 4) is 5.75 Å². The van der Waals surface area contributed by atoms with Crippen LogP contribution >= 0.6 is 0 Å². The number of hydrogen-bond acceptors (Lipinski definition) is 2. The summed E-state index contributed by atoms with van der Waals surface area (Å²) < 4.78 is 8.08. The average Bonchev–Trinajstić information content (AvgIpc) is 2.72. The predicted molar refractivity (Wildman–Crippen MR) is 89.0 cm³/mol. The average molecular weight is 286 g/mol. The number of aryl methyl sites for hydroxylation is 1. The minimum Gasteiger partial charge on any atom is -0.491 e. The molecule has 0 bridgehead atoms. The fourth-order valence-electron chi connectivity index (χ4n) is 2.30. The standard InChI is InChI=1S/C18H26N2O/c1-6-14(3)21-18-9-7-8-17(11-18)19-12-16-10-13(2)20(5)15(16)4/h7-11,14,19H,6,12H2,1-5H3. The van der Waals surface area contributed by atoms with Gasteiger partial charge in [0.2, 0.25) is 0 Å². The zero-order valence-electron chi connectivity index (χ0n) is 13.7. The van der Waals surface area contributed by atoms with Gasteiger partial charge >= 0.3 is 0 Å². The first-order valence-corrected chi connectivity index (χ1v) is 7.63. The Balaban J connectivity index is 2.03. The van der Waals surface area contributed by atoms with Gasteiger partial charge in [0.05, 0.1) is 6.10 Å². The van der Waals surface area contributed by atoms with Crippen LogP contribution in [-0.4, -0.2) is 10.7 Å². The quantitative estimate of drug-likeness (QED) is 0.850. The zero-order valence-corrected chi connectivity index (χ0v) is 13.7. The maximum atomic E-state index is 5.86. The third kappa shape index (κ3) is 3.81. The Hall–Kier alpha value is -1.90. The largest absolute Gasteiger partial charge is 0.491 e. The molecule has 1 atom stereocenters. The second-order valence-electron chi connectivity index (χ2n) is 5.67. The molecule has 0 aliphatic heterocycles. The van der Waals surface area contributed by atoms with Crippen LogP contribution in [0.1, 0.15) is 37.2 Å². The van der Waals surface area contributed by atoms with Gasteiger partial charge in [-0.2, -0.15) is 0 Å². The Labute approximate surface area is 127 Å². The maximum absolute atomic E-state index is 5.86. The van der Waals surface area contributed by atoms with Crippen LogP contribution in [0.3, 0.4) is 0 Å². The number of benzene rings is 1. The second kappa shape index (κ2) is 6.70. The van der Waals surface area contributed by atoms with Gasteiger partial charge in [0.25, 0.3) is 0 Å². The van der Waals surface area contributed by atoms with Crippen molar-refractivity contribution in [2.24, 2.45) is 7.05 Å². The van der Waals surface area contributed by atoms with E-state index in [0.717, 1.165) is 24.4 Å². The monoisotopic (exact) mass is 286 g/mol. The van der Waals surface area contributed by atoms with Gasteiger partial charge in [-0.1, -0.05) is 13.0 Å². The lowest BCUT2D eigenvalue weighted by molar-refractivity contribution is 0.217. The first-order valence-electron chi connectivity index (χ1n) is 7.63. The molecule has 0 radical (unpaired) electrons. The summed E-state index contributed by atoms with van der Waals surface area (Å²) in [5.41, 5.74) is 5.03. The molecule has 3 nitrogen and oxygen atoms in total. The summed E-state index contributed by atoms with van der Waals surface area (Å²) in [5, 5.41) is 3.48. The second-order valence-corrected chi connectivity index (χ2v) is 5.67. The Morgan fingerprint density at radius 2 is 2.00 bits per heavy atom. The van der Waals surface area contributed by atoms with Crippen LogP contribution in [0, 0.1) is 13.8 Å². The van der Waals surface area contributed by atoms with E-state index in [2.05, 4.69) is 62.8 Å². The summed E-state index contributed by atoms with van der Waals surface area (Å²) in [6.07, 6.45) is 1.26. The van der Waals surface area contributed by atoms with Crippen LogP contribution in [0.5, 0.6) is 5.75 Å². The lowest BCUT2D eigenvalue weighted by atomic mass is 10.2. The smallest absolute Gasteiger partial charge is 0.121 e. The van der Waals surface area contributed by atoms with E-state index in [-0.39, 0.29) is 6.10 Å². The first kappa shape index (κ1) is 15.5. The van der Waals surface area contributed by atoms with Crippen molar-refractivity contribution in [2.75, 3.05) is 5.32 Å². The van der Waals surface area contributed by atoms with Crippen LogP contribution in [0.15, 0.2) is 30.3 Å². The summed E-state index contributed by atoms with van der Waals surface area (Å²) in [7, 11) is 2.11. The molecule has 1 heterocycles. The normalized spacial score (nSPS) is 12.2. The molecule has 21 heavy (non-hydrogen) atoms. The predicted octanol–water partition coefficient (Wildman–Crippen LogP) is 4.43. The van der Waals surface area contributed by atoms with Gasteiger partial charge in [-0.15, -0.1) is 0 Å². The molecule has 0 amide bonds. The van der Waals surface area contributed by atoms with Crippen LogP contribution in [0.25, 0.3) is 0 Å². The van der Waals surface area contributed by atoms with Crippen molar-refractivity contribution in [1.29, 1.82) is 0 Å². The summed E-state index contributed by atoms with van der Waals surface area (Å²) in [6, 6.07) is 10.4. The van der Waals surface area contributed by atoms with Crippen molar-refractivity contribution in [3.63, 3.8) is 0 Å². The molecule has 0 spiro atoms. The van der Waals surface area contributed by atoms with Gasteiger partial charge in [0.15, 0.2) is 0 Å². The minimum atomic E-state index is 0.249. The Kier molecular flexibility index (Phi) is 4.94. The lowest BCUT2D eigenvalue weighted by Crippen LogP contribution is -2.09. The Bertz CT molecular complexity index is 601. The number of nitrogens with one attached hydrogen (secondary N) is 1. The van der Waals surface area contributed by atoms with E-state index in [4.69, 9.17) is 4.74 Å². The lowest BCUT2D eigenvalue weighted by Gasteiger charge is -2.14. The van der Waals surface area contributed by atoms with E-state index in [1.807, 2.05) is 12.1 Å². The van der Waals surface area contributed by atoms with E-state index < -0.39 is 0 Å². The third-order valence-electron chi connectivity index (χ3n) is 4.11. The van der Waals surface area contributed by atoms with Crippen molar-refractivity contribution >= 4 is 5.69 Å². The molecule has 1 aromatic carbocycles. The van der Waals surface area contributed by atoms with Crippen molar-refractivity contribution in [2.45, 2.75) is 46.8 Å². The van der Waals surface area contributed by atoms with Gasteiger partial charge in [-0.05, 0) is 51.0 Å². The maximum Gasteiger partial charge on any atom is 0.121 e. The number of nitrogens with zero attached hydrogens (tertiary/aromatic N) is 1. The van der Waals surface area contributed by atoms with Gasteiger partial charge in [-0.3, -0.25) is 0 Å². The molecule has 0 fully saturated rings. The van der Waals surface area contributed by atoms with E-state index in [1.165, 1.54) is 17.0 Å². The first-order chi connectivity index (χ1) is 10.0. The summed E-state index contributed by atoms with van der Waals surface area (Å²) in [4.78, 5) is 0. The van der Waals surface area contributed by atoms with Crippen molar-refractivity contribution < 1.29 is 4.74 Å². The molecule has 0 aliphatic rings. The fourth-order valence-corrected chi connectivity index (χ4v) is 2.30. The molecule has 1 aromatic heterocycles. The van der Waals surface area contributed by atoms with Gasteiger partial charge < -0.3 is 14.6 Å². The minimum absolute atomic E-state index is 0.249. The number of anilines is 1. The summed E-state index contributed by atoms with van der Waals surface area (Å²) >= 11 is 0. The summed E-state index contributed by atoms with van der Waals surface area (Å²) in [5.74, 6) is 0.926. The van der Waals surface area contributed by atoms with E-state index in [1.54, 1.807) is 0 Å². The highest BCUT2D eigenvalue weighted by Gasteiger charge is 2.06. The van der Waals surface area contributed by atoms with Crippen LogP contribution in [-0.2, 0) is 13.6 Å². The zero-order chi connectivity index (χ0) is 15.4.